The molecule has 0 saturated heterocycles. The van der Waals surface area contributed by atoms with E-state index in [2.05, 4.69) is 5.32 Å². The Kier molecular flexibility index (Phi) is 5.43. The molecule has 1 aromatic carbocycles. The maximum atomic E-state index is 12.6. The second kappa shape index (κ2) is 7.16. The molecule has 0 aliphatic heterocycles. The first-order valence-electron chi connectivity index (χ1n) is 7.52. The lowest BCUT2D eigenvalue weighted by molar-refractivity contribution is -0.385. The van der Waals surface area contributed by atoms with Crippen LogP contribution in [0.5, 0.6) is 0 Å². The van der Waals surface area contributed by atoms with Crippen LogP contribution in [-0.4, -0.2) is 28.6 Å². The molecule has 132 valence electrons. The van der Waals surface area contributed by atoms with Crippen LogP contribution in [0.1, 0.15) is 41.6 Å². The molecule has 0 aromatic heterocycles. The largest absolute Gasteiger partial charge is 0.416 e. The molecule has 9 heteroatoms. The third kappa shape index (κ3) is 4.22. The van der Waals surface area contributed by atoms with Gasteiger partial charge in [0.15, 0.2) is 0 Å². The first-order valence-corrected chi connectivity index (χ1v) is 7.52. The van der Waals surface area contributed by atoms with E-state index in [9.17, 15) is 33.2 Å². The van der Waals surface area contributed by atoms with Crippen molar-refractivity contribution in [3.63, 3.8) is 0 Å². The fourth-order valence-electron chi connectivity index (χ4n) is 2.85. The quantitative estimate of drug-likeness (QED) is 0.633. The molecule has 0 radical (unpaired) electrons. The molecule has 0 unspecified atom stereocenters. The topological polar surface area (TPSA) is 92.5 Å². The van der Waals surface area contributed by atoms with Crippen LogP contribution < -0.4 is 5.32 Å². The Morgan fingerprint density at radius 1 is 1.38 bits per heavy atom. The van der Waals surface area contributed by atoms with Gasteiger partial charge < -0.3 is 10.4 Å². The highest BCUT2D eigenvalue weighted by Crippen LogP contribution is 2.33. The number of alkyl halides is 3. The van der Waals surface area contributed by atoms with Crippen molar-refractivity contribution in [1.82, 2.24) is 5.32 Å². The van der Waals surface area contributed by atoms with Crippen molar-refractivity contribution in [2.75, 3.05) is 6.54 Å². The average molecular weight is 346 g/mol. The number of aliphatic hydroxyl groups is 1. The van der Waals surface area contributed by atoms with Crippen molar-refractivity contribution in [3.8, 4) is 0 Å². The monoisotopic (exact) mass is 346 g/mol. The number of hydrogen-bond donors (Lipinski definition) is 2. The minimum Gasteiger partial charge on any atom is -0.391 e. The highest BCUT2D eigenvalue weighted by atomic mass is 19.4. The first kappa shape index (κ1) is 18.2. The molecule has 0 heterocycles. The summed E-state index contributed by atoms with van der Waals surface area (Å²) in [4.78, 5) is 22.0. The summed E-state index contributed by atoms with van der Waals surface area (Å²) >= 11 is 0. The number of benzene rings is 1. The van der Waals surface area contributed by atoms with Crippen LogP contribution in [0.25, 0.3) is 0 Å². The third-order valence-corrected chi connectivity index (χ3v) is 4.18. The molecule has 0 bridgehead atoms. The van der Waals surface area contributed by atoms with Gasteiger partial charge in [-0.2, -0.15) is 13.2 Å². The van der Waals surface area contributed by atoms with Crippen LogP contribution in [0.2, 0.25) is 0 Å². The molecule has 1 aliphatic rings. The van der Waals surface area contributed by atoms with Crippen molar-refractivity contribution in [3.05, 3.63) is 39.4 Å². The zero-order valence-electron chi connectivity index (χ0n) is 12.7. The summed E-state index contributed by atoms with van der Waals surface area (Å²) in [7, 11) is 0. The number of nitro groups is 1. The van der Waals surface area contributed by atoms with Crippen LogP contribution in [0.3, 0.4) is 0 Å². The number of amides is 1. The van der Waals surface area contributed by atoms with Crippen LogP contribution in [0.15, 0.2) is 18.2 Å². The van der Waals surface area contributed by atoms with Crippen molar-refractivity contribution >= 4 is 11.6 Å². The smallest absolute Gasteiger partial charge is 0.391 e. The minimum atomic E-state index is -4.74. The average Bonchev–Trinajstić information content (AvgIpc) is 3.05. The summed E-state index contributed by atoms with van der Waals surface area (Å²) in [6, 6.07) is 1.73. The molecule has 1 saturated carbocycles. The van der Waals surface area contributed by atoms with Gasteiger partial charge in [0.2, 0.25) is 0 Å². The van der Waals surface area contributed by atoms with Gasteiger partial charge in [0.25, 0.3) is 11.6 Å². The predicted octanol–water partition coefficient (Wildman–Crippen LogP) is 2.89. The van der Waals surface area contributed by atoms with E-state index in [0.717, 1.165) is 31.7 Å². The molecule has 1 amide bonds. The molecule has 2 rings (SSSR count). The second-order valence-electron chi connectivity index (χ2n) is 5.81. The van der Waals surface area contributed by atoms with Crippen molar-refractivity contribution < 1.29 is 28.0 Å². The molecule has 24 heavy (non-hydrogen) atoms. The Morgan fingerprint density at radius 2 is 2.00 bits per heavy atom. The Morgan fingerprint density at radius 3 is 2.54 bits per heavy atom. The summed E-state index contributed by atoms with van der Waals surface area (Å²) in [5.41, 5.74) is -2.58. The summed E-state index contributed by atoms with van der Waals surface area (Å²) in [5, 5.41) is 23.3. The van der Waals surface area contributed by atoms with E-state index in [1.807, 2.05) is 0 Å². The molecule has 0 spiro atoms. The third-order valence-electron chi connectivity index (χ3n) is 4.18. The van der Waals surface area contributed by atoms with E-state index in [1.54, 1.807) is 0 Å². The number of nitro benzene ring substituents is 1. The van der Waals surface area contributed by atoms with E-state index < -0.39 is 39.9 Å². The highest BCUT2D eigenvalue weighted by molar-refractivity contribution is 5.98. The zero-order valence-corrected chi connectivity index (χ0v) is 12.7. The molecular weight excluding hydrogens is 329 g/mol. The number of halogens is 3. The van der Waals surface area contributed by atoms with Gasteiger partial charge in [0.1, 0.15) is 5.56 Å². The van der Waals surface area contributed by atoms with E-state index in [-0.39, 0.29) is 12.5 Å². The Bertz CT molecular complexity index is 628. The minimum absolute atomic E-state index is 0.0629. The first-order chi connectivity index (χ1) is 11.2. The van der Waals surface area contributed by atoms with Crippen LogP contribution in [0, 0.1) is 16.0 Å². The van der Waals surface area contributed by atoms with Gasteiger partial charge in [-0.15, -0.1) is 0 Å². The number of rotatable bonds is 5. The normalized spacial score (nSPS) is 16.8. The van der Waals surface area contributed by atoms with Crippen LogP contribution in [-0.2, 0) is 6.18 Å². The standard InChI is InChI=1S/C15H17F3N2O4/c16-15(17,18)10-5-6-11(12(7-10)20(23)24)14(22)19-8-13(21)9-3-1-2-4-9/h5-7,9,13,21H,1-4,8H2,(H,19,22)/t13-/m1/s1. The number of carbonyl (C=O) groups excluding carboxylic acids is 1. The predicted molar refractivity (Wildman–Crippen MR) is 78.4 cm³/mol. The van der Waals surface area contributed by atoms with Crippen molar-refractivity contribution in [2.24, 2.45) is 5.92 Å². The second-order valence-corrected chi connectivity index (χ2v) is 5.81. The molecule has 6 nitrogen and oxygen atoms in total. The zero-order chi connectivity index (χ0) is 17.9. The van der Waals surface area contributed by atoms with Gasteiger partial charge in [-0.3, -0.25) is 14.9 Å². The summed E-state index contributed by atoms with van der Waals surface area (Å²) in [6.45, 7) is -0.0956. The van der Waals surface area contributed by atoms with E-state index in [1.165, 1.54) is 0 Å². The maximum absolute atomic E-state index is 12.6. The fraction of sp³-hybridized carbons (Fsp3) is 0.533. The number of hydrogen-bond acceptors (Lipinski definition) is 4. The lowest BCUT2D eigenvalue weighted by Crippen LogP contribution is -2.35. The van der Waals surface area contributed by atoms with E-state index >= 15 is 0 Å². The van der Waals surface area contributed by atoms with E-state index in [0.29, 0.717) is 12.1 Å². The summed E-state index contributed by atoms with van der Waals surface area (Å²) in [5.74, 6) is -0.819. The summed E-state index contributed by atoms with van der Waals surface area (Å²) < 4.78 is 37.9. The SMILES string of the molecule is O=C(NC[C@@H](O)C1CCCC1)c1ccc(C(F)(F)F)cc1[N+](=O)[O-]. The number of nitrogens with zero attached hydrogens (tertiary/aromatic N) is 1. The number of nitrogens with one attached hydrogen (secondary N) is 1. The Balaban J connectivity index is 2.11. The van der Waals surface area contributed by atoms with Crippen LogP contribution in [0.4, 0.5) is 18.9 Å². The number of aliphatic hydroxyl groups excluding tert-OH is 1. The van der Waals surface area contributed by atoms with Gasteiger partial charge >= 0.3 is 6.18 Å². The Hall–Kier alpha value is -2.16. The number of carbonyl (C=O) groups is 1. The lowest BCUT2D eigenvalue weighted by atomic mass is 10.0. The lowest BCUT2D eigenvalue weighted by Gasteiger charge is -2.18. The van der Waals surface area contributed by atoms with Gasteiger partial charge in [0, 0.05) is 12.6 Å². The van der Waals surface area contributed by atoms with Gasteiger partial charge in [-0.25, -0.2) is 0 Å². The fourth-order valence-corrected chi connectivity index (χ4v) is 2.85. The maximum Gasteiger partial charge on any atom is 0.416 e. The summed E-state index contributed by atoms with van der Waals surface area (Å²) in [6.07, 6.45) is -1.82. The molecule has 1 fully saturated rings. The Labute approximate surface area is 135 Å². The molecular formula is C15H17F3N2O4. The molecule has 1 aliphatic carbocycles. The highest BCUT2D eigenvalue weighted by Gasteiger charge is 2.34. The van der Waals surface area contributed by atoms with Gasteiger partial charge in [0.05, 0.1) is 16.6 Å². The molecule has 2 N–H and O–H groups in total. The van der Waals surface area contributed by atoms with Crippen LogP contribution >= 0.6 is 0 Å². The molecule has 1 aromatic rings. The van der Waals surface area contributed by atoms with Gasteiger partial charge in [-0.1, -0.05) is 12.8 Å². The van der Waals surface area contributed by atoms with Crippen molar-refractivity contribution in [1.29, 1.82) is 0 Å². The van der Waals surface area contributed by atoms with Crippen molar-refractivity contribution in [2.45, 2.75) is 38.0 Å². The van der Waals surface area contributed by atoms with Gasteiger partial charge in [-0.05, 0) is 30.9 Å². The van der Waals surface area contributed by atoms with E-state index in [4.69, 9.17) is 0 Å². The molecule has 1 atom stereocenters.